The van der Waals surface area contributed by atoms with E-state index >= 15 is 0 Å². The van der Waals surface area contributed by atoms with Gasteiger partial charge in [-0.05, 0) is 38.8 Å². The summed E-state index contributed by atoms with van der Waals surface area (Å²) in [5, 5.41) is 3.14. The zero-order valence-corrected chi connectivity index (χ0v) is 12.5. The predicted molar refractivity (Wildman–Crippen MR) is 79.5 cm³/mol. The van der Waals surface area contributed by atoms with Gasteiger partial charge in [-0.25, -0.2) is 4.79 Å². The molecule has 1 amide bonds. The Labute approximate surface area is 123 Å². The van der Waals surface area contributed by atoms with Gasteiger partial charge in [0.25, 0.3) is 11.5 Å². The molecule has 1 aromatic heterocycles. The minimum Gasteiger partial charge on any atom is -0.338 e. The van der Waals surface area contributed by atoms with E-state index in [9.17, 15) is 14.4 Å². The number of hydrogen-bond acceptors (Lipinski definition) is 4. The molecule has 1 aliphatic heterocycles. The number of carbonyl (C=O) groups excluding carboxylic acids is 1. The van der Waals surface area contributed by atoms with Crippen LogP contribution in [-0.4, -0.2) is 47.0 Å². The van der Waals surface area contributed by atoms with Crippen molar-refractivity contribution in [1.29, 1.82) is 0 Å². The van der Waals surface area contributed by atoms with Crippen LogP contribution < -0.4 is 16.6 Å². The summed E-state index contributed by atoms with van der Waals surface area (Å²) in [4.78, 5) is 39.8. The van der Waals surface area contributed by atoms with Crippen molar-refractivity contribution < 1.29 is 4.79 Å². The normalized spacial score (nSPS) is 16.2. The number of piperidine rings is 1. The maximum absolute atomic E-state index is 12.4. The standard InChI is InChI=1S/C14H22N4O3/c1-15-6-3-10-4-7-18(8-5-10)13(20)11-9-16-14(21)17(2)12(11)19/h9-10,15H,3-8H2,1-2H3,(H,16,21). The molecule has 1 aliphatic rings. The van der Waals surface area contributed by atoms with Crippen LogP contribution in [0.2, 0.25) is 0 Å². The summed E-state index contributed by atoms with van der Waals surface area (Å²) in [6.45, 7) is 2.31. The van der Waals surface area contributed by atoms with E-state index in [1.807, 2.05) is 7.05 Å². The highest BCUT2D eigenvalue weighted by molar-refractivity contribution is 5.93. The molecule has 0 atom stereocenters. The lowest BCUT2D eigenvalue weighted by Gasteiger charge is -2.31. The minimum atomic E-state index is -0.541. The van der Waals surface area contributed by atoms with E-state index < -0.39 is 11.2 Å². The van der Waals surface area contributed by atoms with Crippen LogP contribution in [-0.2, 0) is 7.05 Å². The summed E-state index contributed by atoms with van der Waals surface area (Å²) in [5.41, 5.74) is -1.02. The molecule has 1 aromatic rings. The fraction of sp³-hybridized carbons (Fsp3) is 0.643. The molecule has 116 valence electrons. The largest absolute Gasteiger partial charge is 0.338 e. The highest BCUT2D eigenvalue weighted by Gasteiger charge is 2.25. The van der Waals surface area contributed by atoms with Gasteiger partial charge in [0.2, 0.25) is 0 Å². The van der Waals surface area contributed by atoms with Crippen LogP contribution in [0.25, 0.3) is 0 Å². The van der Waals surface area contributed by atoms with Crippen LogP contribution in [0.3, 0.4) is 0 Å². The Morgan fingerprint density at radius 3 is 2.67 bits per heavy atom. The first-order valence-corrected chi connectivity index (χ1v) is 7.27. The van der Waals surface area contributed by atoms with Gasteiger partial charge in [0.1, 0.15) is 5.56 Å². The van der Waals surface area contributed by atoms with E-state index in [-0.39, 0.29) is 11.5 Å². The molecule has 7 heteroatoms. The summed E-state index contributed by atoms with van der Waals surface area (Å²) >= 11 is 0. The summed E-state index contributed by atoms with van der Waals surface area (Å²) in [7, 11) is 3.30. The molecule has 2 rings (SSSR count). The fourth-order valence-corrected chi connectivity index (χ4v) is 2.66. The Morgan fingerprint density at radius 1 is 1.38 bits per heavy atom. The van der Waals surface area contributed by atoms with E-state index in [1.165, 1.54) is 13.2 Å². The molecule has 2 heterocycles. The first kappa shape index (κ1) is 15.5. The molecule has 0 aliphatic carbocycles. The van der Waals surface area contributed by atoms with E-state index in [0.717, 1.165) is 30.4 Å². The minimum absolute atomic E-state index is 0.0331. The van der Waals surface area contributed by atoms with Crippen molar-refractivity contribution in [3.8, 4) is 0 Å². The highest BCUT2D eigenvalue weighted by Crippen LogP contribution is 2.20. The fourth-order valence-electron chi connectivity index (χ4n) is 2.66. The SMILES string of the molecule is CNCCC1CCN(C(=O)c2c[nH]c(=O)n(C)c2=O)CC1. The van der Waals surface area contributed by atoms with Crippen LogP contribution in [0.15, 0.2) is 15.8 Å². The smallest absolute Gasteiger partial charge is 0.328 e. The lowest BCUT2D eigenvalue weighted by Crippen LogP contribution is -2.43. The lowest BCUT2D eigenvalue weighted by atomic mass is 9.93. The quantitative estimate of drug-likeness (QED) is 0.786. The molecule has 0 saturated carbocycles. The van der Waals surface area contributed by atoms with Gasteiger partial charge in [0.15, 0.2) is 0 Å². The van der Waals surface area contributed by atoms with Crippen LogP contribution in [0.1, 0.15) is 29.6 Å². The number of likely N-dealkylation sites (tertiary alicyclic amines) is 1. The van der Waals surface area contributed by atoms with Gasteiger partial charge >= 0.3 is 5.69 Å². The second-order valence-corrected chi connectivity index (χ2v) is 5.50. The maximum atomic E-state index is 12.4. The summed E-state index contributed by atoms with van der Waals surface area (Å²) in [5.74, 6) is 0.332. The van der Waals surface area contributed by atoms with E-state index in [1.54, 1.807) is 4.90 Å². The predicted octanol–water partition coefficient (Wildman–Crippen LogP) is -0.465. The van der Waals surface area contributed by atoms with Crippen molar-refractivity contribution >= 4 is 5.91 Å². The van der Waals surface area contributed by atoms with Crippen LogP contribution >= 0.6 is 0 Å². The van der Waals surface area contributed by atoms with Crippen LogP contribution in [0.5, 0.6) is 0 Å². The Bertz CT molecular complexity index is 611. The van der Waals surface area contributed by atoms with Gasteiger partial charge in [-0.1, -0.05) is 0 Å². The van der Waals surface area contributed by atoms with Crippen molar-refractivity contribution in [2.45, 2.75) is 19.3 Å². The summed E-state index contributed by atoms with van der Waals surface area (Å²) < 4.78 is 0.924. The third-order valence-electron chi connectivity index (χ3n) is 4.11. The zero-order chi connectivity index (χ0) is 15.4. The van der Waals surface area contributed by atoms with Crippen molar-refractivity contribution in [2.24, 2.45) is 13.0 Å². The lowest BCUT2D eigenvalue weighted by molar-refractivity contribution is 0.0684. The molecule has 0 aromatic carbocycles. The second kappa shape index (κ2) is 6.71. The average molecular weight is 294 g/mol. The van der Waals surface area contributed by atoms with Crippen molar-refractivity contribution in [3.05, 3.63) is 32.6 Å². The first-order chi connectivity index (χ1) is 10.0. The number of amides is 1. The Kier molecular flexibility index (Phi) is 4.95. The maximum Gasteiger partial charge on any atom is 0.328 e. The molecular weight excluding hydrogens is 272 g/mol. The molecule has 0 radical (unpaired) electrons. The molecule has 0 unspecified atom stereocenters. The van der Waals surface area contributed by atoms with Crippen LogP contribution in [0, 0.1) is 5.92 Å². The molecule has 21 heavy (non-hydrogen) atoms. The van der Waals surface area contributed by atoms with Crippen molar-refractivity contribution in [3.63, 3.8) is 0 Å². The van der Waals surface area contributed by atoms with Crippen molar-refractivity contribution in [2.75, 3.05) is 26.7 Å². The molecule has 0 bridgehead atoms. The molecule has 0 spiro atoms. The number of rotatable bonds is 4. The second-order valence-electron chi connectivity index (χ2n) is 5.50. The van der Waals surface area contributed by atoms with Gasteiger partial charge in [-0.3, -0.25) is 14.2 Å². The Balaban J connectivity index is 2.04. The molecular formula is C14H22N4O3. The molecule has 2 N–H and O–H groups in total. The van der Waals surface area contributed by atoms with E-state index in [0.29, 0.717) is 19.0 Å². The number of carbonyl (C=O) groups is 1. The number of aromatic amines is 1. The molecule has 1 saturated heterocycles. The Morgan fingerprint density at radius 2 is 2.05 bits per heavy atom. The molecule has 7 nitrogen and oxygen atoms in total. The summed E-state index contributed by atoms with van der Waals surface area (Å²) in [6, 6.07) is 0. The topological polar surface area (TPSA) is 87.2 Å². The third kappa shape index (κ3) is 3.41. The van der Waals surface area contributed by atoms with E-state index in [2.05, 4.69) is 10.3 Å². The van der Waals surface area contributed by atoms with Crippen LogP contribution in [0.4, 0.5) is 0 Å². The average Bonchev–Trinajstić information content (AvgIpc) is 2.51. The van der Waals surface area contributed by atoms with Gasteiger partial charge in [0, 0.05) is 26.3 Å². The number of nitrogens with one attached hydrogen (secondary N) is 2. The molecule has 1 fully saturated rings. The first-order valence-electron chi connectivity index (χ1n) is 7.27. The highest BCUT2D eigenvalue weighted by atomic mass is 16.2. The number of aromatic nitrogens is 2. The number of nitrogens with zero attached hydrogens (tertiary/aromatic N) is 2. The van der Waals surface area contributed by atoms with Crippen molar-refractivity contribution in [1.82, 2.24) is 19.8 Å². The number of hydrogen-bond donors (Lipinski definition) is 2. The third-order valence-corrected chi connectivity index (χ3v) is 4.11. The van der Waals surface area contributed by atoms with Gasteiger partial charge in [0.05, 0.1) is 0 Å². The Hall–Kier alpha value is -1.89. The monoisotopic (exact) mass is 294 g/mol. The van der Waals surface area contributed by atoms with Gasteiger partial charge < -0.3 is 15.2 Å². The number of H-pyrrole nitrogens is 1. The zero-order valence-electron chi connectivity index (χ0n) is 12.5. The van der Waals surface area contributed by atoms with Gasteiger partial charge in [-0.2, -0.15) is 0 Å². The van der Waals surface area contributed by atoms with Gasteiger partial charge in [-0.15, -0.1) is 0 Å². The summed E-state index contributed by atoms with van der Waals surface area (Å²) in [6.07, 6.45) is 4.24. The van der Waals surface area contributed by atoms with E-state index in [4.69, 9.17) is 0 Å².